The molecule has 0 radical (unpaired) electrons. The maximum atomic E-state index is 13.7. The lowest BCUT2D eigenvalue weighted by Crippen LogP contribution is -2.39. The summed E-state index contributed by atoms with van der Waals surface area (Å²) in [6, 6.07) is 3.34. The van der Waals surface area contributed by atoms with Crippen LogP contribution >= 0.6 is 0 Å². The largest absolute Gasteiger partial charge is 0.480 e. The van der Waals surface area contributed by atoms with Gasteiger partial charge < -0.3 is 14.9 Å². The van der Waals surface area contributed by atoms with Crippen molar-refractivity contribution in [1.29, 1.82) is 0 Å². The van der Waals surface area contributed by atoms with Gasteiger partial charge in [0.25, 0.3) is 0 Å². The highest BCUT2D eigenvalue weighted by Gasteiger charge is 2.42. The Morgan fingerprint density at radius 1 is 1.21 bits per heavy atom. The monoisotopic (exact) mass is 338 g/mol. The number of hydrogen-bond acceptors (Lipinski definition) is 4. The van der Waals surface area contributed by atoms with Crippen molar-refractivity contribution in [2.75, 3.05) is 6.54 Å². The van der Waals surface area contributed by atoms with E-state index < -0.39 is 36.1 Å². The van der Waals surface area contributed by atoms with Gasteiger partial charge in [-0.25, -0.2) is 18.8 Å². The molecule has 2 N–H and O–H groups in total. The number of carboxylic acid groups (broad SMARTS) is 2. The standard InChI is InChI=1S/C15H15FN2O6/c16-11-3-1-2-8-5-17(7-10(8)11)15(23)24-9-4-12(13(19)20)18(6-9)14(21)22/h1-3,9,12H,4-7H2,(H,19,20)(H,21,22)/t9-,12+/m1/s1. The van der Waals surface area contributed by atoms with Gasteiger partial charge in [0, 0.05) is 18.5 Å². The number of benzene rings is 1. The van der Waals surface area contributed by atoms with Crippen molar-refractivity contribution in [1.82, 2.24) is 9.80 Å². The highest BCUT2D eigenvalue weighted by molar-refractivity contribution is 5.80. The van der Waals surface area contributed by atoms with E-state index in [4.69, 9.17) is 14.9 Å². The fourth-order valence-electron chi connectivity index (χ4n) is 3.06. The summed E-state index contributed by atoms with van der Waals surface area (Å²) in [6.45, 7) is 0.0649. The van der Waals surface area contributed by atoms with Crippen LogP contribution in [0.25, 0.3) is 0 Å². The second-order valence-corrected chi connectivity index (χ2v) is 5.76. The summed E-state index contributed by atoms with van der Waals surface area (Å²) >= 11 is 0. The number of ether oxygens (including phenoxy) is 1. The smallest absolute Gasteiger partial charge is 0.410 e. The van der Waals surface area contributed by atoms with Gasteiger partial charge in [0.05, 0.1) is 13.1 Å². The number of nitrogens with zero attached hydrogens (tertiary/aromatic N) is 2. The Kier molecular flexibility index (Phi) is 4.00. The molecule has 128 valence electrons. The molecule has 8 nitrogen and oxygen atoms in total. The van der Waals surface area contributed by atoms with E-state index in [9.17, 15) is 18.8 Å². The van der Waals surface area contributed by atoms with Gasteiger partial charge in [-0.05, 0) is 11.6 Å². The van der Waals surface area contributed by atoms with Gasteiger partial charge >= 0.3 is 18.2 Å². The normalized spacial score (nSPS) is 22.4. The lowest BCUT2D eigenvalue weighted by molar-refractivity contribution is -0.141. The van der Waals surface area contributed by atoms with E-state index in [0.717, 1.165) is 4.90 Å². The van der Waals surface area contributed by atoms with Crippen LogP contribution in [-0.4, -0.2) is 56.9 Å². The van der Waals surface area contributed by atoms with Crippen LogP contribution in [0.5, 0.6) is 0 Å². The van der Waals surface area contributed by atoms with Crippen molar-refractivity contribution >= 4 is 18.2 Å². The zero-order valence-electron chi connectivity index (χ0n) is 12.5. The molecule has 0 aromatic heterocycles. The van der Waals surface area contributed by atoms with E-state index in [1.165, 1.54) is 11.0 Å². The first-order chi connectivity index (χ1) is 11.4. The fraction of sp³-hybridized carbons (Fsp3) is 0.400. The third kappa shape index (κ3) is 2.84. The minimum atomic E-state index is -1.38. The molecule has 2 atom stereocenters. The summed E-state index contributed by atoms with van der Waals surface area (Å²) in [6.07, 6.45) is -3.05. The molecule has 9 heteroatoms. The number of carbonyl (C=O) groups is 3. The molecule has 2 amide bonds. The maximum absolute atomic E-state index is 13.7. The Morgan fingerprint density at radius 2 is 1.96 bits per heavy atom. The zero-order chi connectivity index (χ0) is 17.4. The Morgan fingerprint density at radius 3 is 2.54 bits per heavy atom. The first kappa shape index (κ1) is 16.0. The summed E-state index contributed by atoms with van der Waals surface area (Å²) in [5.74, 6) is -1.68. The van der Waals surface area contributed by atoms with Crippen LogP contribution in [0, 0.1) is 5.82 Å². The lowest BCUT2D eigenvalue weighted by Gasteiger charge is -2.19. The highest BCUT2D eigenvalue weighted by atomic mass is 19.1. The average molecular weight is 338 g/mol. The fourth-order valence-corrected chi connectivity index (χ4v) is 3.06. The third-order valence-corrected chi connectivity index (χ3v) is 4.25. The molecular formula is C15H15FN2O6. The third-order valence-electron chi connectivity index (χ3n) is 4.25. The molecule has 1 aromatic rings. The Hall–Kier alpha value is -2.84. The van der Waals surface area contributed by atoms with Gasteiger partial charge in [-0.1, -0.05) is 12.1 Å². The number of aliphatic carboxylic acids is 1. The molecule has 2 heterocycles. The van der Waals surface area contributed by atoms with Crippen molar-refractivity contribution in [3.05, 3.63) is 35.1 Å². The molecule has 2 aliphatic rings. The number of fused-ring (bicyclic) bond motifs is 1. The van der Waals surface area contributed by atoms with Gasteiger partial charge in [0.2, 0.25) is 0 Å². The number of rotatable bonds is 2. The number of carbonyl (C=O) groups excluding carboxylic acids is 1. The van der Waals surface area contributed by atoms with Gasteiger partial charge in [0.1, 0.15) is 18.0 Å². The molecule has 0 spiro atoms. The first-order valence-electron chi connectivity index (χ1n) is 7.31. The van der Waals surface area contributed by atoms with E-state index >= 15 is 0 Å². The number of halogens is 1. The molecule has 1 fully saturated rings. The van der Waals surface area contributed by atoms with Crippen molar-refractivity contribution < 1.29 is 33.7 Å². The number of amides is 2. The van der Waals surface area contributed by atoms with E-state index in [0.29, 0.717) is 11.1 Å². The zero-order valence-corrected chi connectivity index (χ0v) is 12.5. The van der Waals surface area contributed by atoms with Gasteiger partial charge in [-0.15, -0.1) is 0 Å². The molecular weight excluding hydrogens is 323 g/mol. The van der Waals surface area contributed by atoms with Crippen LogP contribution in [-0.2, 0) is 22.6 Å². The van der Waals surface area contributed by atoms with Crippen LogP contribution in [0.2, 0.25) is 0 Å². The van der Waals surface area contributed by atoms with Crippen LogP contribution in [0.4, 0.5) is 14.0 Å². The van der Waals surface area contributed by atoms with E-state index in [-0.39, 0.29) is 26.1 Å². The predicted octanol–water partition coefficient (Wildman–Crippen LogP) is 1.48. The Bertz CT molecular complexity index is 687. The first-order valence-corrected chi connectivity index (χ1v) is 7.31. The minimum absolute atomic E-state index is 0.0680. The van der Waals surface area contributed by atoms with Crippen molar-refractivity contribution in [2.24, 2.45) is 0 Å². The van der Waals surface area contributed by atoms with E-state index in [1.807, 2.05) is 0 Å². The van der Waals surface area contributed by atoms with Crippen LogP contribution in [0.3, 0.4) is 0 Å². The average Bonchev–Trinajstić information content (AvgIpc) is 3.12. The minimum Gasteiger partial charge on any atom is -0.480 e. The van der Waals surface area contributed by atoms with Crippen molar-refractivity contribution in [3.63, 3.8) is 0 Å². The summed E-state index contributed by atoms with van der Waals surface area (Å²) in [5, 5.41) is 18.1. The van der Waals surface area contributed by atoms with E-state index in [1.54, 1.807) is 12.1 Å². The van der Waals surface area contributed by atoms with Crippen LogP contribution in [0.15, 0.2) is 18.2 Å². The summed E-state index contributed by atoms with van der Waals surface area (Å²) in [5.41, 5.74) is 1.12. The lowest BCUT2D eigenvalue weighted by atomic mass is 10.1. The summed E-state index contributed by atoms with van der Waals surface area (Å²) in [7, 11) is 0. The van der Waals surface area contributed by atoms with Crippen molar-refractivity contribution in [2.45, 2.75) is 31.7 Å². The van der Waals surface area contributed by atoms with Crippen LogP contribution in [0.1, 0.15) is 17.5 Å². The molecule has 0 unspecified atom stereocenters. The summed E-state index contributed by atoms with van der Waals surface area (Å²) < 4.78 is 18.9. The number of likely N-dealkylation sites (tertiary alicyclic amines) is 1. The predicted molar refractivity (Wildman–Crippen MR) is 76.7 cm³/mol. The van der Waals surface area contributed by atoms with Gasteiger partial charge in [0.15, 0.2) is 0 Å². The molecule has 2 aliphatic heterocycles. The molecule has 1 aromatic carbocycles. The van der Waals surface area contributed by atoms with Gasteiger partial charge in [-0.2, -0.15) is 0 Å². The summed E-state index contributed by atoms with van der Waals surface area (Å²) in [4.78, 5) is 36.4. The molecule has 0 bridgehead atoms. The van der Waals surface area contributed by atoms with Crippen molar-refractivity contribution in [3.8, 4) is 0 Å². The second kappa shape index (κ2) is 5.99. The topological polar surface area (TPSA) is 107 Å². The molecule has 3 rings (SSSR count). The molecule has 24 heavy (non-hydrogen) atoms. The number of hydrogen-bond donors (Lipinski definition) is 2. The van der Waals surface area contributed by atoms with E-state index in [2.05, 4.69) is 0 Å². The molecule has 0 aliphatic carbocycles. The van der Waals surface area contributed by atoms with Gasteiger partial charge in [-0.3, -0.25) is 9.80 Å². The SMILES string of the molecule is O=C(O)[C@@H]1C[C@@H](OC(=O)N2Cc3cccc(F)c3C2)CN1C(=O)O. The molecule has 1 saturated heterocycles. The maximum Gasteiger partial charge on any atom is 0.410 e. The number of carboxylic acids is 1. The second-order valence-electron chi connectivity index (χ2n) is 5.76. The molecule has 0 saturated carbocycles. The Balaban J connectivity index is 1.64. The van der Waals surface area contributed by atoms with Crippen LogP contribution < -0.4 is 0 Å². The Labute approximate surface area is 136 Å². The quantitative estimate of drug-likeness (QED) is 0.846. The highest BCUT2D eigenvalue weighted by Crippen LogP contribution is 2.27.